The summed E-state index contributed by atoms with van der Waals surface area (Å²) in [6.07, 6.45) is 7.86. The summed E-state index contributed by atoms with van der Waals surface area (Å²) in [5.74, 6) is 0.506. The highest BCUT2D eigenvalue weighted by Crippen LogP contribution is 2.52. The number of amides is 1. The van der Waals surface area contributed by atoms with Crippen molar-refractivity contribution in [3.63, 3.8) is 0 Å². The van der Waals surface area contributed by atoms with Gasteiger partial charge in [-0.05, 0) is 66.4 Å². The van der Waals surface area contributed by atoms with Crippen molar-refractivity contribution in [2.45, 2.75) is 43.6 Å². The van der Waals surface area contributed by atoms with E-state index in [2.05, 4.69) is 45.5 Å². The molecule has 4 heteroatoms. The van der Waals surface area contributed by atoms with Crippen LogP contribution >= 0.6 is 0 Å². The topological polar surface area (TPSA) is 45.2 Å². The van der Waals surface area contributed by atoms with Crippen LogP contribution in [0.2, 0.25) is 0 Å². The maximum absolute atomic E-state index is 12.0. The van der Waals surface area contributed by atoms with Gasteiger partial charge in [0.15, 0.2) is 0 Å². The second-order valence-corrected chi connectivity index (χ2v) is 7.78. The molecule has 1 fully saturated rings. The van der Waals surface area contributed by atoms with Crippen LogP contribution in [0.1, 0.15) is 48.3 Å². The molecule has 1 saturated heterocycles. The molecule has 1 amide bonds. The first kappa shape index (κ1) is 17.2. The predicted octanol–water partition coefficient (Wildman–Crippen LogP) is 3.24. The highest BCUT2D eigenvalue weighted by atomic mass is 16.1. The quantitative estimate of drug-likeness (QED) is 0.922. The van der Waals surface area contributed by atoms with E-state index in [1.54, 1.807) is 7.05 Å². The van der Waals surface area contributed by atoms with Crippen LogP contribution in [0.5, 0.6) is 0 Å². The summed E-state index contributed by atoms with van der Waals surface area (Å²) < 4.78 is 0. The van der Waals surface area contributed by atoms with Gasteiger partial charge in [-0.25, -0.2) is 0 Å². The van der Waals surface area contributed by atoms with Gasteiger partial charge in [-0.3, -0.25) is 14.7 Å². The fraction of sp³-hybridized carbons (Fsp3) is 0.455. The van der Waals surface area contributed by atoms with E-state index in [4.69, 9.17) is 0 Å². The molecule has 136 valence electrons. The van der Waals surface area contributed by atoms with E-state index in [1.807, 2.05) is 18.5 Å². The fourth-order valence-corrected chi connectivity index (χ4v) is 4.90. The van der Waals surface area contributed by atoms with E-state index in [0.717, 1.165) is 26.1 Å². The van der Waals surface area contributed by atoms with Crippen LogP contribution in [0.25, 0.3) is 0 Å². The zero-order valence-corrected chi connectivity index (χ0v) is 15.4. The van der Waals surface area contributed by atoms with Crippen molar-refractivity contribution in [2.24, 2.45) is 0 Å². The highest BCUT2D eigenvalue weighted by Gasteiger charge is 2.45. The van der Waals surface area contributed by atoms with Gasteiger partial charge in [-0.2, -0.15) is 0 Å². The molecule has 1 aromatic carbocycles. The van der Waals surface area contributed by atoms with E-state index >= 15 is 0 Å². The largest absolute Gasteiger partial charge is 0.359 e. The molecule has 0 radical (unpaired) electrons. The summed E-state index contributed by atoms with van der Waals surface area (Å²) in [4.78, 5) is 18.7. The van der Waals surface area contributed by atoms with E-state index in [-0.39, 0.29) is 11.3 Å². The second-order valence-electron chi connectivity index (χ2n) is 7.78. The maximum atomic E-state index is 12.0. The van der Waals surface area contributed by atoms with Gasteiger partial charge >= 0.3 is 0 Å². The zero-order chi connectivity index (χ0) is 18.0. The number of hydrogen-bond donors (Lipinski definition) is 1. The molecule has 26 heavy (non-hydrogen) atoms. The second kappa shape index (κ2) is 7.20. The molecule has 2 aromatic rings. The van der Waals surface area contributed by atoms with Crippen LogP contribution in [0.3, 0.4) is 0 Å². The molecule has 2 aliphatic rings. The van der Waals surface area contributed by atoms with Crippen molar-refractivity contribution in [2.75, 3.05) is 20.1 Å². The molecular formula is C22H27N3O. The average Bonchev–Trinajstić information content (AvgIpc) is 2.98. The number of carbonyl (C=O) groups is 1. The van der Waals surface area contributed by atoms with Crippen molar-refractivity contribution in [1.82, 2.24) is 15.2 Å². The summed E-state index contributed by atoms with van der Waals surface area (Å²) in [7, 11) is 1.73. The van der Waals surface area contributed by atoms with Crippen LogP contribution < -0.4 is 5.32 Å². The maximum Gasteiger partial charge on any atom is 0.220 e. The molecule has 1 spiro atoms. The van der Waals surface area contributed by atoms with Gasteiger partial charge in [0.05, 0.1) is 0 Å². The number of piperidine rings is 1. The predicted molar refractivity (Wildman–Crippen MR) is 103 cm³/mol. The van der Waals surface area contributed by atoms with Gasteiger partial charge in [-0.1, -0.05) is 30.3 Å². The third-order valence-electron chi connectivity index (χ3n) is 6.26. The highest BCUT2D eigenvalue weighted by molar-refractivity contribution is 5.77. The Bertz CT molecular complexity index is 766. The minimum atomic E-state index is 0.149. The summed E-state index contributed by atoms with van der Waals surface area (Å²) in [5.41, 5.74) is 4.43. The number of fused-ring (bicyclic) bond motifs is 2. The lowest BCUT2D eigenvalue weighted by Gasteiger charge is -2.40. The van der Waals surface area contributed by atoms with Gasteiger partial charge in [0.25, 0.3) is 0 Å². The molecule has 1 unspecified atom stereocenters. The number of nitrogens with zero attached hydrogens (tertiary/aromatic N) is 2. The molecule has 0 bridgehead atoms. The standard InChI is InChI=1S/C22H27N3O/c1-23-21(26)13-18-14-22(20-7-3-2-6-19(18)20)8-11-25(12-9-22)16-17-5-4-10-24-15-17/h2-7,10,15,18H,8-9,11-14,16H2,1H3,(H,23,26). The Morgan fingerprint density at radius 1 is 1.23 bits per heavy atom. The van der Waals surface area contributed by atoms with Crippen molar-refractivity contribution in [3.05, 3.63) is 65.5 Å². The Labute approximate surface area is 155 Å². The molecule has 0 saturated carbocycles. The van der Waals surface area contributed by atoms with Crippen LogP contribution in [-0.4, -0.2) is 35.9 Å². The van der Waals surface area contributed by atoms with Crippen LogP contribution in [-0.2, 0) is 16.8 Å². The first-order chi connectivity index (χ1) is 12.7. The van der Waals surface area contributed by atoms with Crippen molar-refractivity contribution in [3.8, 4) is 0 Å². The van der Waals surface area contributed by atoms with E-state index in [1.165, 1.54) is 29.5 Å². The number of benzene rings is 1. The lowest BCUT2D eigenvalue weighted by molar-refractivity contribution is -0.121. The Morgan fingerprint density at radius 2 is 2.04 bits per heavy atom. The Morgan fingerprint density at radius 3 is 2.77 bits per heavy atom. The Kier molecular flexibility index (Phi) is 4.77. The lowest BCUT2D eigenvalue weighted by atomic mass is 9.73. The first-order valence-corrected chi connectivity index (χ1v) is 9.61. The number of pyridine rings is 1. The van der Waals surface area contributed by atoms with E-state index in [0.29, 0.717) is 12.3 Å². The Hall–Kier alpha value is -2.20. The van der Waals surface area contributed by atoms with Gasteiger partial charge in [0.1, 0.15) is 0 Å². The number of likely N-dealkylation sites (tertiary alicyclic amines) is 1. The van der Waals surface area contributed by atoms with Gasteiger partial charge in [0.2, 0.25) is 5.91 Å². The minimum Gasteiger partial charge on any atom is -0.359 e. The third-order valence-corrected chi connectivity index (χ3v) is 6.26. The smallest absolute Gasteiger partial charge is 0.220 e. The first-order valence-electron chi connectivity index (χ1n) is 9.61. The number of carbonyl (C=O) groups excluding carboxylic acids is 1. The van der Waals surface area contributed by atoms with Crippen LogP contribution in [0.4, 0.5) is 0 Å². The molecule has 1 aliphatic heterocycles. The van der Waals surface area contributed by atoms with Crippen molar-refractivity contribution >= 4 is 5.91 Å². The molecule has 1 N–H and O–H groups in total. The van der Waals surface area contributed by atoms with Crippen LogP contribution in [0.15, 0.2) is 48.8 Å². The molecule has 4 nitrogen and oxygen atoms in total. The molecule has 2 heterocycles. The molecular weight excluding hydrogens is 322 g/mol. The summed E-state index contributed by atoms with van der Waals surface area (Å²) in [6, 6.07) is 13.0. The summed E-state index contributed by atoms with van der Waals surface area (Å²) in [5, 5.41) is 2.80. The number of rotatable bonds is 4. The normalized spacial score (nSPS) is 21.5. The summed E-state index contributed by atoms with van der Waals surface area (Å²) in [6.45, 7) is 3.19. The van der Waals surface area contributed by atoms with Crippen LogP contribution in [0, 0.1) is 0 Å². The van der Waals surface area contributed by atoms with Crippen molar-refractivity contribution in [1.29, 1.82) is 0 Å². The monoisotopic (exact) mass is 349 g/mol. The molecule has 1 aromatic heterocycles. The zero-order valence-electron chi connectivity index (χ0n) is 15.4. The van der Waals surface area contributed by atoms with Crippen molar-refractivity contribution < 1.29 is 4.79 Å². The molecule has 4 rings (SSSR count). The minimum absolute atomic E-state index is 0.149. The van der Waals surface area contributed by atoms with Gasteiger partial charge < -0.3 is 5.32 Å². The summed E-state index contributed by atoms with van der Waals surface area (Å²) >= 11 is 0. The lowest BCUT2D eigenvalue weighted by Crippen LogP contribution is -2.41. The number of aromatic nitrogens is 1. The third kappa shape index (κ3) is 3.26. The molecule has 1 aliphatic carbocycles. The Balaban J connectivity index is 1.48. The van der Waals surface area contributed by atoms with Gasteiger partial charge in [0, 0.05) is 32.4 Å². The number of hydrogen-bond acceptors (Lipinski definition) is 3. The SMILES string of the molecule is CNC(=O)CC1CC2(CCN(Cc3cccnc3)CC2)c2ccccc21. The molecule has 1 atom stereocenters. The average molecular weight is 349 g/mol. The number of nitrogens with one attached hydrogen (secondary N) is 1. The fourth-order valence-electron chi connectivity index (χ4n) is 4.90. The van der Waals surface area contributed by atoms with Gasteiger partial charge in [-0.15, -0.1) is 0 Å². The van der Waals surface area contributed by atoms with E-state index < -0.39 is 0 Å². The van der Waals surface area contributed by atoms with E-state index in [9.17, 15) is 4.79 Å².